The van der Waals surface area contributed by atoms with Gasteiger partial charge in [-0.15, -0.1) is 0 Å². The van der Waals surface area contributed by atoms with Crippen LogP contribution in [0.25, 0.3) is 21.9 Å². The number of fused-ring (bicyclic) bond motifs is 2. The lowest BCUT2D eigenvalue weighted by atomic mass is 10.2. The van der Waals surface area contributed by atoms with Crippen molar-refractivity contribution < 1.29 is 22.8 Å². The molecule has 10 heteroatoms. The molecule has 0 spiro atoms. The van der Waals surface area contributed by atoms with E-state index in [-0.39, 0.29) is 11.0 Å². The molecule has 0 saturated heterocycles. The number of para-hydroxylation sites is 3. The molecule has 2 amide bonds. The lowest BCUT2D eigenvalue weighted by Gasteiger charge is -2.12. The van der Waals surface area contributed by atoms with Crippen molar-refractivity contribution in [2.45, 2.75) is 12.7 Å². The lowest BCUT2D eigenvalue weighted by Crippen LogP contribution is -2.43. The van der Waals surface area contributed by atoms with E-state index in [1.54, 1.807) is 42.1 Å². The van der Waals surface area contributed by atoms with Gasteiger partial charge < -0.3 is 9.13 Å². The Bertz CT molecular complexity index is 1270. The number of halogens is 3. The molecule has 0 bridgehead atoms. The molecule has 4 rings (SSSR count). The summed E-state index contributed by atoms with van der Waals surface area (Å²) in [6, 6.07) is 13.2. The summed E-state index contributed by atoms with van der Waals surface area (Å²) < 4.78 is 42.5. The van der Waals surface area contributed by atoms with Crippen molar-refractivity contribution in [3.05, 3.63) is 66.1 Å². The Labute approximate surface area is 168 Å². The maximum absolute atomic E-state index is 13.3. The number of alkyl halides is 3. The van der Waals surface area contributed by atoms with Crippen LogP contribution in [-0.2, 0) is 24.6 Å². The lowest BCUT2D eigenvalue weighted by molar-refractivity contribution is -0.147. The Morgan fingerprint density at radius 2 is 1.67 bits per heavy atom. The average Bonchev–Trinajstić information content (AvgIpc) is 3.25. The molecule has 0 fully saturated rings. The van der Waals surface area contributed by atoms with Crippen molar-refractivity contribution in [3.63, 3.8) is 0 Å². The van der Waals surface area contributed by atoms with E-state index in [9.17, 15) is 22.8 Å². The second-order valence-corrected chi connectivity index (χ2v) is 6.68. The number of hydrogen-bond donors (Lipinski definition) is 2. The van der Waals surface area contributed by atoms with Crippen LogP contribution in [0.15, 0.2) is 54.7 Å². The number of hydrogen-bond acceptors (Lipinski definition) is 3. The van der Waals surface area contributed by atoms with E-state index in [0.29, 0.717) is 10.9 Å². The van der Waals surface area contributed by atoms with E-state index >= 15 is 0 Å². The summed E-state index contributed by atoms with van der Waals surface area (Å²) in [5.74, 6) is -2.58. The van der Waals surface area contributed by atoms with Crippen LogP contribution >= 0.6 is 0 Å². The summed E-state index contributed by atoms with van der Waals surface area (Å²) in [5.41, 5.74) is 5.88. The zero-order valence-electron chi connectivity index (χ0n) is 15.7. The van der Waals surface area contributed by atoms with Gasteiger partial charge in [0, 0.05) is 24.1 Å². The predicted molar refractivity (Wildman–Crippen MR) is 103 cm³/mol. The number of hydrazine groups is 1. The van der Waals surface area contributed by atoms with Crippen molar-refractivity contribution >= 4 is 33.8 Å². The Morgan fingerprint density at radius 3 is 2.40 bits per heavy atom. The minimum atomic E-state index is -4.73. The average molecular weight is 415 g/mol. The van der Waals surface area contributed by atoms with E-state index in [0.717, 1.165) is 10.1 Å². The second kappa shape index (κ2) is 7.21. The molecule has 0 aliphatic heterocycles. The van der Waals surface area contributed by atoms with Gasteiger partial charge in [-0.2, -0.15) is 13.2 Å². The van der Waals surface area contributed by atoms with Crippen molar-refractivity contribution in [3.8, 4) is 0 Å². The fraction of sp³-hybridized carbons (Fsp3) is 0.150. The van der Waals surface area contributed by atoms with Crippen molar-refractivity contribution in [2.24, 2.45) is 7.05 Å². The van der Waals surface area contributed by atoms with Crippen LogP contribution in [0.3, 0.4) is 0 Å². The number of imidazole rings is 1. The number of aromatic nitrogens is 3. The third-order valence-corrected chi connectivity index (χ3v) is 4.67. The van der Waals surface area contributed by atoms with Crippen LogP contribution in [-0.4, -0.2) is 25.9 Å². The molecule has 0 radical (unpaired) electrons. The van der Waals surface area contributed by atoms with Crippen LogP contribution in [0.1, 0.15) is 16.2 Å². The minimum absolute atomic E-state index is 0.123. The predicted octanol–water partition coefficient (Wildman–Crippen LogP) is 3.01. The van der Waals surface area contributed by atoms with Gasteiger partial charge in [0.2, 0.25) is 5.82 Å². The van der Waals surface area contributed by atoms with Gasteiger partial charge in [0.25, 0.3) is 11.8 Å². The summed E-state index contributed by atoms with van der Waals surface area (Å²) in [6.45, 7) is -0.662. The van der Waals surface area contributed by atoms with Gasteiger partial charge in [0.15, 0.2) is 0 Å². The number of carbonyl (C=O) groups is 2. The molecule has 7 nitrogen and oxygen atoms in total. The highest BCUT2D eigenvalue weighted by Gasteiger charge is 2.38. The highest BCUT2D eigenvalue weighted by atomic mass is 19.4. The molecule has 4 aromatic rings. The largest absolute Gasteiger partial charge is 0.449 e. The maximum Gasteiger partial charge on any atom is 0.449 e. The van der Waals surface area contributed by atoms with Gasteiger partial charge in [-0.1, -0.05) is 30.3 Å². The minimum Gasteiger partial charge on any atom is -0.350 e. The number of carbonyl (C=O) groups excluding carboxylic acids is 2. The smallest absolute Gasteiger partial charge is 0.350 e. The third kappa shape index (κ3) is 3.47. The summed E-state index contributed by atoms with van der Waals surface area (Å²) >= 11 is 0. The molecular weight excluding hydrogens is 399 g/mol. The fourth-order valence-corrected chi connectivity index (χ4v) is 3.35. The molecule has 0 unspecified atom stereocenters. The monoisotopic (exact) mass is 415 g/mol. The molecule has 0 aliphatic rings. The van der Waals surface area contributed by atoms with E-state index in [2.05, 4.69) is 15.8 Å². The number of benzene rings is 2. The van der Waals surface area contributed by atoms with Gasteiger partial charge in [0.05, 0.1) is 16.6 Å². The summed E-state index contributed by atoms with van der Waals surface area (Å²) in [7, 11) is 1.78. The van der Waals surface area contributed by atoms with Gasteiger partial charge in [-0.25, -0.2) is 4.98 Å². The first kappa shape index (κ1) is 19.5. The topological polar surface area (TPSA) is 81.0 Å². The molecule has 2 heterocycles. The number of nitrogens with one attached hydrogen (secondary N) is 2. The molecule has 2 N–H and O–H groups in total. The van der Waals surface area contributed by atoms with Crippen LogP contribution in [0.5, 0.6) is 0 Å². The van der Waals surface area contributed by atoms with Gasteiger partial charge in [0.1, 0.15) is 6.54 Å². The summed E-state index contributed by atoms with van der Waals surface area (Å²) in [6.07, 6.45) is -3.12. The van der Waals surface area contributed by atoms with E-state index in [1.807, 2.05) is 12.1 Å². The van der Waals surface area contributed by atoms with Crippen LogP contribution < -0.4 is 10.9 Å². The van der Waals surface area contributed by atoms with Gasteiger partial charge in [-0.3, -0.25) is 20.4 Å². The van der Waals surface area contributed by atoms with E-state index in [1.165, 1.54) is 12.1 Å². The number of aryl methyl sites for hydroxylation is 1. The Morgan fingerprint density at radius 1 is 1.00 bits per heavy atom. The first-order valence-electron chi connectivity index (χ1n) is 8.91. The summed E-state index contributed by atoms with van der Waals surface area (Å²) in [4.78, 5) is 28.4. The normalized spacial score (nSPS) is 11.7. The Balaban J connectivity index is 1.52. The molecule has 30 heavy (non-hydrogen) atoms. The highest BCUT2D eigenvalue weighted by molar-refractivity contribution is 6.07. The zero-order valence-corrected chi connectivity index (χ0v) is 15.7. The molecule has 154 valence electrons. The first-order valence-corrected chi connectivity index (χ1v) is 8.91. The van der Waals surface area contributed by atoms with Crippen LogP contribution in [0.2, 0.25) is 0 Å². The number of rotatable bonds is 3. The van der Waals surface area contributed by atoms with Crippen LogP contribution in [0.4, 0.5) is 13.2 Å². The molecule has 2 aromatic heterocycles. The zero-order chi connectivity index (χ0) is 21.5. The molecular formula is C20H16F3N5O2. The van der Waals surface area contributed by atoms with Gasteiger partial charge >= 0.3 is 6.18 Å². The maximum atomic E-state index is 13.3. The number of amides is 2. The first-order chi connectivity index (χ1) is 14.3. The Kier molecular flexibility index (Phi) is 4.69. The molecule has 2 aromatic carbocycles. The standard InChI is InChI=1S/C20H16F3N5O2/c1-27-10-13(12-6-2-4-8-15(12)27)18(30)26-25-17(29)11-28-16-9-5-3-7-14(16)24-19(28)20(21,22)23/h2-10H,11H2,1H3,(H,25,29)(H,26,30). The van der Waals surface area contributed by atoms with Crippen molar-refractivity contribution in [2.75, 3.05) is 0 Å². The molecule has 0 atom stereocenters. The SMILES string of the molecule is Cn1cc(C(=O)NNC(=O)Cn2c(C(F)(F)F)nc3ccccc32)c2ccccc21. The van der Waals surface area contributed by atoms with Crippen molar-refractivity contribution in [1.82, 2.24) is 25.0 Å². The summed E-state index contributed by atoms with van der Waals surface area (Å²) in [5, 5.41) is 0.687. The third-order valence-electron chi connectivity index (χ3n) is 4.67. The molecule has 0 saturated carbocycles. The van der Waals surface area contributed by atoms with E-state index < -0.39 is 30.4 Å². The number of nitrogens with zero attached hydrogens (tertiary/aromatic N) is 3. The van der Waals surface area contributed by atoms with Crippen molar-refractivity contribution in [1.29, 1.82) is 0 Å². The quantitative estimate of drug-likeness (QED) is 0.505. The Hall–Kier alpha value is -3.82. The van der Waals surface area contributed by atoms with Gasteiger partial charge in [-0.05, 0) is 18.2 Å². The second-order valence-electron chi connectivity index (χ2n) is 6.68. The van der Waals surface area contributed by atoms with Crippen LogP contribution in [0, 0.1) is 0 Å². The highest BCUT2D eigenvalue weighted by Crippen LogP contribution is 2.31. The molecule has 0 aliphatic carbocycles. The fourth-order valence-electron chi connectivity index (χ4n) is 3.35. The van der Waals surface area contributed by atoms with E-state index in [4.69, 9.17) is 0 Å².